The van der Waals surface area contributed by atoms with Crippen molar-refractivity contribution in [3.8, 4) is 5.75 Å². The van der Waals surface area contributed by atoms with E-state index in [1.807, 2.05) is 23.1 Å². The van der Waals surface area contributed by atoms with Crippen LogP contribution < -0.4 is 10.1 Å². The fourth-order valence-corrected chi connectivity index (χ4v) is 5.91. The molecule has 6 rings (SSSR count). The van der Waals surface area contributed by atoms with Gasteiger partial charge in [-0.05, 0) is 56.1 Å². The number of amides is 2. The van der Waals surface area contributed by atoms with Crippen LogP contribution in [0.3, 0.4) is 0 Å². The molecule has 0 aromatic heterocycles. The molecule has 2 N–H and O–H groups in total. The summed E-state index contributed by atoms with van der Waals surface area (Å²) < 4.78 is 6.38. The number of ether oxygens (including phenoxy) is 1. The van der Waals surface area contributed by atoms with E-state index in [-0.39, 0.29) is 42.1 Å². The van der Waals surface area contributed by atoms with E-state index >= 15 is 0 Å². The Labute approximate surface area is 165 Å². The number of nitrogens with zero attached hydrogens (tertiary/aromatic N) is 1. The molecule has 2 heterocycles. The Balaban J connectivity index is 1.34. The summed E-state index contributed by atoms with van der Waals surface area (Å²) in [6.07, 6.45) is 5.44. The summed E-state index contributed by atoms with van der Waals surface area (Å²) in [6, 6.07) is 7.40. The third-order valence-corrected chi connectivity index (χ3v) is 7.37. The van der Waals surface area contributed by atoms with Crippen molar-refractivity contribution >= 4 is 11.8 Å². The summed E-state index contributed by atoms with van der Waals surface area (Å²) in [5.74, 6) is 1.44. The predicted octanol–water partition coefficient (Wildman–Crippen LogP) is 2.17. The first kappa shape index (κ1) is 18.0. The summed E-state index contributed by atoms with van der Waals surface area (Å²) in [5, 5.41) is 12.6. The lowest BCUT2D eigenvalue weighted by molar-refractivity contribution is -0.157. The molecule has 6 heteroatoms. The van der Waals surface area contributed by atoms with Gasteiger partial charge in [0.25, 0.3) is 5.91 Å². The van der Waals surface area contributed by atoms with Crippen LogP contribution in [0.15, 0.2) is 24.3 Å². The number of hydrogen-bond donors (Lipinski definition) is 2. The van der Waals surface area contributed by atoms with Gasteiger partial charge < -0.3 is 20.1 Å². The molecular formula is C22H28N2O4. The number of rotatable bonds is 2. The Kier molecular flexibility index (Phi) is 4.34. The predicted molar refractivity (Wildman–Crippen MR) is 103 cm³/mol. The van der Waals surface area contributed by atoms with Crippen molar-refractivity contribution < 1.29 is 19.4 Å². The van der Waals surface area contributed by atoms with E-state index < -0.39 is 5.72 Å². The fraction of sp³-hybridized carbons (Fsp3) is 0.636. The molecule has 0 unspecified atom stereocenters. The minimum atomic E-state index is -0.666. The number of fused-ring (bicyclic) bond motifs is 3. The van der Waals surface area contributed by atoms with Crippen LogP contribution in [0.25, 0.3) is 0 Å². The highest BCUT2D eigenvalue weighted by molar-refractivity contribution is 5.98. The average Bonchev–Trinajstić information content (AvgIpc) is 2.73. The number of carbonyl (C=O) groups is 2. The van der Waals surface area contributed by atoms with Crippen molar-refractivity contribution in [2.75, 3.05) is 19.7 Å². The topological polar surface area (TPSA) is 78.9 Å². The van der Waals surface area contributed by atoms with Crippen LogP contribution >= 0.6 is 0 Å². The van der Waals surface area contributed by atoms with Crippen molar-refractivity contribution in [3.63, 3.8) is 0 Å². The Morgan fingerprint density at radius 1 is 1.29 bits per heavy atom. The molecule has 3 aliphatic carbocycles. The molecule has 1 aromatic rings. The monoisotopic (exact) mass is 384 g/mol. The molecule has 1 aromatic carbocycles. The molecule has 2 bridgehead atoms. The van der Waals surface area contributed by atoms with Gasteiger partial charge in [-0.1, -0.05) is 12.1 Å². The van der Waals surface area contributed by atoms with Crippen molar-refractivity contribution in [2.24, 2.45) is 23.7 Å². The first-order valence-electron chi connectivity index (χ1n) is 10.6. The first-order chi connectivity index (χ1) is 13.6. The smallest absolute Gasteiger partial charge is 0.258 e. The van der Waals surface area contributed by atoms with E-state index in [0.29, 0.717) is 24.3 Å². The minimum Gasteiger partial charge on any atom is -0.467 e. The summed E-state index contributed by atoms with van der Waals surface area (Å²) in [7, 11) is 0. The van der Waals surface area contributed by atoms with Crippen LogP contribution in [0.2, 0.25) is 0 Å². The quantitative estimate of drug-likeness (QED) is 0.819. The van der Waals surface area contributed by atoms with Gasteiger partial charge in [0.1, 0.15) is 5.75 Å². The lowest BCUT2D eigenvalue weighted by atomic mass is 9.59. The number of aliphatic hydroxyl groups excluding tert-OH is 1. The van der Waals surface area contributed by atoms with Gasteiger partial charge in [0.05, 0.1) is 5.56 Å². The molecule has 1 saturated heterocycles. The largest absolute Gasteiger partial charge is 0.467 e. The number of carbonyl (C=O) groups excluding carboxylic acids is 2. The second-order valence-electron chi connectivity index (χ2n) is 9.00. The van der Waals surface area contributed by atoms with Crippen LogP contribution in [-0.2, 0) is 4.79 Å². The molecule has 0 radical (unpaired) electrons. The van der Waals surface area contributed by atoms with Crippen LogP contribution in [0.1, 0.15) is 48.9 Å². The summed E-state index contributed by atoms with van der Waals surface area (Å²) in [6.45, 7) is 1.63. The van der Waals surface area contributed by atoms with Crippen LogP contribution in [0.5, 0.6) is 5.75 Å². The molecule has 4 fully saturated rings. The van der Waals surface area contributed by atoms with Crippen LogP contribution in [0, 0.1) is 23.7 Å². The molecule has 5 aliphatic rings. The molecule has 3 saturated carbocycles. The van der Waals surface area contributed by atoms with Gasteiger partial charge in [0.15, 0.2) is 5.72 Å². The van der Waals surface area contributed by atoms with Gasteiger partial charge in [0.2, 0.25) is 5.91 Å². The Hall–Kier alpha value is -2.08. The number of aliphatic hydroxyl groups is 1. The minimum absolute atomic E-state index is 0.0134. The maximum absolute atomic E-state index is 13.3. The normalized spacial score (nSPS) is 36.6. The molecule has 6 nitrogen and oxygen atoms in total. The van der Waals surface area contributed by atoms with Gasteiger partial charge in [0, 0.05) is 38.0 Å². The fourth-order valence-electron chi connectivity index (χ4n) is 5.91. The summed E-state index contributed by atoms with van der Waals surface area (Å²) in [4.78, 5) is 27.9. The molecule has 5 atom stereocenters. The van der Waals surface area contributed by atoms with Gasteiger partial charge in [-0.25, -0.2) is 0 Å². The van der Waals surface area contributed by atoms with E-state index in [2.05, 4.69) is 5.32 Å². The standard InChI is InChI=1S/C22H28N2O4/c25-13-14-4-3-9-24(12-14)21(27)18-10-16-8-7-15(18)11-22(16)23-20(26)17-5-1-2-6-19(17)28-22/h1-2,5-6,14-16,18,25H,3-4,7-13H2,(H,23,26)/t14-,15-,16+,18+,22-/m1/s1. The molecule has 2 amide bonds. The second-order valence-corrected chi connectivity index (χ2v) is 9.00. The van der Waals surface area contributed by atoms with E-state index in [0.717, 1.165) is 38.6 Å². The van der Waals surface area contributed by atoms with Crippen LogP contribution in [-0.4, -0.2) is 47.2 Å². The van der Waals surface area contributed by atoms with E-state index in [9.17, 15) is 14.7 Å². The zero-order valence-electron chi connectivity index (χ0n) is 16.1. The zero-order valence-corrected chi connectivity index (χ0v) is 16.1. The Morgan fingerprint density at radius 3 is 2.93 bits per heavy atom. The van der Waals surface area contributed by atoms with Gasteiger partial charge >= 0.3 is 0 Å². The third kappa shape index (κ3) is 2.81. The maximum Gasteiger partial charge on any atom is 0.258 e. The molecular weight excluding hydrogens is 356 g/mol. The SMILES string of the molecule is O=C1N[C@]2(C[C@H]3CC[C@H]2C[C@@H]3C(=O)N2CCC[C@@H](CO)C2)Oc2ccccc21. The van der Waals surface area contributed by atoms with Crippen molar-refractivity contribution in [1.82, 2.24) is 10.2 Å². The van der Waals surface area contributed by atoms with Crippen molar-refractivity contribution in [2.45, 2.75) is 44.2 Å². The van der Waals surface area contributed by atoms with Gasteiger partial charge in [-0.3, -0.25) is 9.59 Å². The Bertz CT molecular complexity index is 796. The zero-order chi connectivity index (χ0) is 19.3. The highest BCUT2D eigenvalue weighted by Crippen LogP contribution is 2.52. The highest BCUT2D eigenvalue weighted by atomic mass is 16.5. The number of hydrogen-bond acceptors (Lipinski definition) is 4. The van der Waals surface area contributed by atoms with Crippen molar-refractivity contribution in [1.29, 1.82) is 0 Å². The van der Waals surface area contributed by atoms with Crippen molar-refractivity contribution in [3.05, 3.63) is 29.8 Å². The maximum atomic E-state index is 13.3. The van der Waals surface area contributed by atoms with E-state index in [4.69, 9.17) is 4.74 Å². The number of benzene rings is 1. The first-order valence-corrected chi connectivity index (χ1v) is 10.6. The van der Waals surface area contributed by atoms with E-state index in [1.165, 1.54) is 0 Å². The third-order valence-electron chi connectivity index (χ3n) is 7.37. The second kappa shape index (κ2) is 6.76. The number of nitrogens with one attached hydrogen (secondary N) is 1. The summed E-state index contributed by atoms with van der Waals surface area (Å²) >= 11 is 0. The highest BCUT2D eigenvalue weighted by Gasteiger charge is 2.57. The average molecular weight is 384 g/mol. The molecule has 2 aliphatic heterocycles. The van der Waals surface area contributed by atoms with Gasteiger partial charge in [-0.15, -0.1) is 0 Å². The van der Waals surface area contributed by atoms with E-state index in [1.54, 1.807) is 6.07 Å². The molecule has 28 heavy (non-hydrogen) atoms. The number of piperidine rings is 1. The molecule has 150 valence electrons. The number of likely N-dealkylation sites (tertiary alicyclic amines) is 1. The molecule has 1 spiro atoms. The Morgan fingerprint density at radius 2 is 2.14 bits per heavy atom. The van der Waals surface area contributed by atoms with Crippen LogP contribution in [0.4, 0.5) is 0 Å². The summed E-state index contributed by atoms with van der Waals surface area (Å²) in [5.41, 5.74) is -0.0775. The van der Waals surface area contributed by atoms with Gasteiger partial charge in [-0.2, -0.15) is 0 Å². The number of para-hydroxylation sites is 1. The lowest BCUT2D eigenvalue weighted by Crippen LogP contribution is -2.67. The lowest BCUT2D eigenvalue weighted by Gasteiger charge is -2.55.